The highest BCUT2D eigenvalue weighted by Crippen LogP contribution is 2.28. The predicted molar refractivity (Wildman–Crippen MR) is 64.3 cm³/mol. The van der Waals surface area contributed by atoms with Gasteiger partial charge in [0.15, 0.2) is 0 Å². The van der Waals surface area contributed by atoms with Crippen LogP contribution in [0.1, 0.15) is 39.0 Å². The third kappa shape index (κ3) is 3.76. The molecular formula is C12H24N2O2. The lowest BCUT2D eigenvalue weighted by molar-refractivity contribution is -0.139. The lowest BCUT2D eigenvalue weighted by atomic mass is 9.84. The molecule has 4 heteroatoms. The van der Waals surface area contributed by atoms with E-state index in [4.69, 9.17) is 10.8 Å². The molecule has 0 aromatic carbocycles. The van der Waals surface area contributed by atoms with Crippen molar-refractivity contribution in [2.24, 2.45) is 11.7 Å². The lowest BCUT2D eigenvalue weighted by Gasteiger charge is -2.35. The average molecular weight is 228 g/mol. The van der Waals surface area contributed by atoms with E-state index in [1.54, 1.807) is 0 Å². The van der Waals surface area contributed by atoms with Crippen LogP contribution in [0, 0.1) is 5.92 Å². The van der Waals surface area contributed by atoms with E-state index in [1.165, 1.54) is 32.1 Å². The summed E-state index contributed by atoms with van der Waals surface area (Å²) in [6, 6.07) is -0.234. The van der Waals surface area contributed by atoms with E-state index in [0.717, 1.165) is 5.92 Å². The first-order chi connectivity index (χ1) is 7.54. The molecule has 16 heavy (non-hydrogen) atoms. The van der Waals surface area contributed by atoms with Crippen molar-refractivity contribution in [2.45, 2.75) is 51.1 Å². The predicted octanol–water partition coefficient (Wildman–Crippen LogP) is 1.30. The van der Waals surface area contributed by atoms with Gasteiger partial charge in [-0.25, -0.2) is 0 Å². The van der Waals surface area contributed by atoms with Crippen molar-refractivity contribution in [3.05, 3.63) is 0 Å². The number of likely N-dealkylation sites (N-methyl/N-ethyl adjacent to an activating group) is 1. The van der Waals surface area contributed by atoms with E-state index in [1.807, 2.05) is 7.05 Å². The Hall–Kier alpha value is -0.610. The van der Waals surface area contributed by atoms with Gasteiger partial charge >= 0.3 is 5.97 Å². The number of nitrogens with two attached hydrogens (primary N) is 1. The molecule has 1 unspecified atom stereocenters. The van der Waals surface area contributed by atoms with Gasteiger partial charge in [0.05, 0.1) is 0 Å². The molecular weight excluding hydrogens is 204 g/mol. The molecule has 1 aliphatic rings. The smallest absolute Gasteiger partial charge is 0.321 e. The second-order valence-corrected chi connectivity index (χ2v) is 4.97. The normalized spacial score (nSPS) is 28.0. The molecule has 0 spiro atoms. The second-order valence-electron chi connectivity index (χ2n) is 4.97. The van der Waals surface area contributed by atoms with Gasteiger partial charge in [-0.15, -0.1) is 0 Å². The fourth-order valence-corrected chi connectivity index (χ4v) is 2.53. The fourth-order valence-electron chi connectivity index (χ4n) is 2.53. The van der Waals surface area contributed by atoms with Crippen molar-refractivity contribution in [1.82, 2.24) is 4.90 Å². The highest BCUT2D eigenvalue weighted by molar-refractivity contribution is 5.73. The van der Waals surface area contributed by atoms with Crippen molar-refractivity contribution in [1.29, 1.82) is 0 Å². The van der Waals surface area contributed by atoms with Crippen molar-refractivity contribution in [3.8, 4) is 0 Å². The maximum Gasteiger partial charge on any atom is 0.321 e. The van der Waals surface area contributed by atoms with Gasteiger partial charge in [-0.05, 0) is 38.6 Å². The molecule has 94 valence electrons. The van der Waals surface area contributed by atoms with Crippen LogP contribution in [0.2, 0.25) is 0 Å². The zero-order valence-corrected chi connectivity index (χ0v) is 10.4. The SMILES string of the molecule is CCC1CCC(N(C)CC(N)C(=O)O)CC1. The van der Waals surface area contributed by atoms with Gasteiger partial charge in [0.1, 0.15) is 6.04 Å². The zero-order chi connectivity index (χ0) is 12.1. The summed E-state index contributed by atoms with van der Waals surface area (Å²) in [5, 5.41) is 8.76. The number of hydrogen-bond acceptors (Lipinski definition) is 3. The van der Waals surface area contributed by atoms with Crippen LogP contribution in [0.25, 0.3) is 0 Å². The third-order valence-electron chi connectivity index (χ3n) is 3.82. The Morgan fingerprint density at radius 2 is 2.00 bits per heavy atom. The first-order valence-electron chi connectivity index (χ1n) is 6.23. The monoisotopic (exact) mass is 228 g/mol. The number of aliphatic carboxylic acids is 1. The second kappa shape index (κ2) is 6.21. The van der Waals surface area contributed by atoms with E-state index in [-0.39, 0.29) is 0 Å². The molecule has 0 aliphatic heterocycles. The average Bonchev–Trinajstić information content (AvgIpc) is 2.28. The molecule has 0 saturated heterocycles. The molecule has 4 nitrogen and oxygen atoms in total. The van der Waals surface area contributed by atoms with Gasteiger partial charge < -0.3 is 15.7 Å². The standard InChI is InChI=1S/C12H24N2O2/c1-3-9-4-6-10(7-5-9)14(2)8-11(13)12(15)16/h9-11H,3-8,13H2,1-2H3,(H,15,16). The van der Waals surface area contributed by atoms with E-state index < -0.39 is 12.0 Å². The summed E-state index contributed by atoms with van der Waals surface area (Å²) in [6.45, 7) is 2.70. The van der Waals surface area contributed by atoms with Gasteiger partial charge in [-0.1, -0.05) is 13.3 Å². The molecule has 3 N–H and O–H groups in total. The molecule has 0 heterocycles. The van der Waals surface area contributed by atoms with E-state index in [0.29, 0.717) is 12.6 Å². The van der Waals surface area contributed by atoms with E-state index in [2.05, 4.69) is 11.8 Å². The van der Waals surface area contributed by atoms with Crippen LogP contribution in [0.5, 0.6) is 0 Å². The summed E-state index contributed by atoms with van der Waals surface area (Å²) in [7, 11) is 1.99. The van der Waals surface area contributed by atoms with E-state index in [9.17, 15) is 4.79 Å². The first-order valence-corrected chi connectivity index (χ1v) is 6.23. The molecule has 1 fully saturated rings. The zero-order valence-electron chi connectivity index (χ0n) is 10.4. The molecule has 0 amide bonds. The van der Waals surface area contributed by atoms with Gasteiger partial charge in [0.2, 0.25) is 0 Å². The number of carboxylic acids is 1. The molecule has 0 bridgehead atoms. The first kappa shape index (κ1) is 13.5. The summed E-state index contributed by atoms with van der Waals surface area (Å²) < 4.78 is 0. The Labute approximate surface area is 97.8 Å². The molecule has 0 aromatic rings. The van der Waals surface area contributed by atoms with Gasteiger partial charge in [0.25, 0.3) is 0 Å². The number of rotatable bonds is 5. The maximum absolute atomic E-state index is 10.7. The van der Waals surface area contributed by atoms with Crippen LogP contribution in [-0.2, 0) is 4.79 Å². The minimum Gasteiger partial charge on any atom is -0.480 e. The largest absolute Gasteiger partial charge is 0.480 e. The topological polar surface area (TPSA) is 66.6 Å². The number of carboxylic acid groups (broad SMARTS) is 1. The summed E-state index contributed by atoms with van der Waals surface area (Å²) in [4.78, 5) is 12.8. The number of carbonyl (C=O) groups is 1. The van der Waals surface area contributed by atoms with Crippen LogP contribution in [-0.4, -0.2) is 41.7 Å². The summed E-state index contributed by atoms with van der Waals surface area (Å²) in [6.07, 6.45) is 6.18. The van der Waals surface area contributed by atoms with Gasteiger partial charge in [-0.2, -0.15) is 0 Å². The van der Waals surface area contributed by atoms with E-state index >= 15 is 0 Å². The summed E-state index contributed by atoms with van der Waals surface area (Å²) >= 11 is 0. The summed E-state index contributed by atoms with van der Waals surface area (Å²) in [5.74, 6) is -0.0353. The van der Waals surface area contributed by atoms with Crippen LogP contribution in [0.4, 0.5) is 0 Å². The Balaban J connectivity index is 2.33. The number of nitrogens with zero attached hydrogens (tertiary/aromatic N) is 1. The Morgan fingerprint density at radius 1 is 1.44 bits per heavy atom. The quantitative estimate of drug-likeness (QED) is 0.744. The van der Waals surface area contributed by atoms with Gasteiger partial charge in [-0.3, -0.25) is 4.79 Å². The molecule has 1 atom stereocenters. The molecule has 0 aromatic heterocycles. The third-order valence-corrected chi connectivity index (χ3v) is 3.82. The Morgan fingerprint density at radius 3 is 2.44 bits per heavy atom. The minimum atomic E-state index is -0.908. The fraction of sp³-hybridized carbons (Fsp3) is 0.917. The van der Waals surface area contributed by atoms with Gasteiger partial charge in [0, 0.05) is 12.6 Å². The molecule has 0 radical (unpaired) electrons. The Kier molecular flexibility index (Phi) is 5.22. The minimum absolute atomic E-state index is 0.455. The van der Waals surface area contributed by atoms with Crippen molar-refractivity contribution >= 4 is 5.97 Å². The van der Waals surface area contributed by atoms with Crippen molar-refractivity contribution in [3.63, 3.8) is 0 Å². The van der Waals surface area contributed by atoms with Crippen LogP contribution < -0.4 is 5.73 Å². The highest BCUT2D eigenvalue weighted by Gasteiger charge is 2.25. The summed E-state index contributed by atoms with van der Waals surface area (Å²) in [5.41, 5.74) is 5.54. The Bertz CT molecular complexity index is 225. The number of hydrogen-bond donors (Lipinski definition) is 2. The van der Waals surface area contributed by atoms with Crippen molar-refractivity contribution in [2.75, 3.05) is 13.6 Å². The maximum atomic E-state index is 10.7. The molecule has 1 aliphatic carbocycles. The van der Waals surface area contributed by atoms with Crippen molar-refractivity contribution < 1.29 is 9.90 Å². The van der Waals surface area contributed by atoms with Crippen LogP contribution in [0.15, 0.2) is 0 Å². The highest BCUT2D eigenvalue weighted by atomic mass is 16.4. The molecule has 1 saturated carbocycles. The lowest BCUT2D eigenvalue weighted by Crippen LogP contribution is -2.46. The van der Waals surface area contributed by atoms with Crippen LogP contribution >= 0.6 is 0 Å². The molecule has 1 rings (SSSR count). The van der Waals surface area contributed by atoms with Crippen LogP contribution in [0.3, 0.4) is 0 Å².